The molecule has 0 bridgehead atoms. The van der Waals surface area contributed by atoms with Crippen LogP contribution in [0.25, 0.3) is 0 Å². The fourth-order valence-corrected chi connectivity index (χ4v) is 1.85. The number of carbonyl (C=O) groups excluding carboxylic acids is 1. The van der Waals surface area contributed by atoms with Crippen molar-refractivity contribution in [3.05, 3.63) is 0 Å². The van der Waals surface area contributed by atoms with Crippen molar-refractivity contribution in [2.75, 3.05) is 13.2 Å². The average Bonchev–Trinajstić information content (AvgIpc) is 2.63. The van der Waals surface area contributed by atoms with Gasteiger partial charge >= 0.3 is 5.97 Å². The van der Waals surface area contributed by atoms with E-state index in [2.05, 4.69) is 0 Å². The first-order valence-corrected chi connectivity index (χ1v) is 4.83. The second kappa shape index (κ2) is 3.66. The zero-order valence-electron chi connectivity index (χ0n) is 8.54. The number of carbonyl (C=O) groups is 1. The van der Waals surface area contributed by atoms with Crippen LogP contribution < -0.4 is 0 Å². The first kappa shape index (κ1) is 10.5. The maximum absolute atomic E-state index is 11.4. The van der Waals surface area contributed by atoms with Gasteiger partial charge in [-0.25, -0.2) is 0 Å². The molecule has 0 aromatic carbocycles. The van der Waals surface area contributed by atoms with Crippen molar-refractivity contribution in [2.45, 2.75) is 27.2 Å². The minimum atomic E-state index is -0.147. The molecule has 0 aromatic rings. The zero-order chi connectivity index (χ0) is 10.1. The third-order valence-corrected chi connectivity index (χ3v) is 2.95. The SMILES string of the molecule is CCCOC(=O)C1C(CO)C1(C)C. The average molecular weight is 186 g/mol. The minimum Gasteiger partial charge on any atom is -0.465 e. The summed E-state index contributed by atoms with van der Waals surface area (Å²) in [6, 6.07) is 0. The van der Waals surface area contributed by atoms with Gasteiger partial charge < -0.3 is 9.84 Å². The van der Waals surface area contributed by atoms with Crippen LogP contribution in [0.15, 0.2) is 0 Å². The van der Waals surface area contributed by atoms with E-state index in [0.717, 1.165) is 6.42 Å². The first-order valence-electron chi connectivity index (χ1n) is 4.83. The predicted molar refractivity (Wildman–Crippen MR) is 49.1 cm³/mol. The van der Waals surface area contributed by atoms with Gasteiger partial charge in [0, 0.05) is 12.5 Å². The molecule has 2 atom stereocenters. The molecule has 1 rings (SSSR count). The summed E-state index contributed by atoms with van der Waals surface area (Å²) in [7, 11) is 0. The molecule has 0 spiro atoms. The lowest BCUT2D eigenvalue weighted by molar-refractivity contribution is -0.146. The van der Waals surface area contributed by atoms with Gasteiger partial charge in [-0.2, -0.15) is 0 Å². The second-order valence-electron chi connectivity index (χ2n) is 4.26. The molecular weight excluding hydrogens is 168 g/mol. The smallest absolute Gasteiger partial charge is 0.309 e. The van der Waals surface area contributed by atoms with Gasteiger partial charge in [0.1, 0.15) is 0 Å². The molecule has 0 radical (unpaired) electrons. The molecule has 1 saturated carbocycles. The Labute approximate surface area is 79.1 Å². The Morgan fingerprint density at radius 1 is 1.54 bits per heavy atom. The topological polar surface area (TPSA) is 46.5 Å². The minimum absolute atomic E-state index is 0.0699. The predicted octanol–water partition coefficient (Wildman–Crippen LogP) is 1.20. The summed E-state index contributed by atoms with van der Waals surface area (Å²) in [5, 5.41) is 8.98. The van der Waals surface area contributed by atoms with Crippen LogP contribution in [0.2, 0.25) is 0 Å². The molecule has 1 aliphatic carbocycles. The summed E-state index contributed by atoms with van der Waals surface area (Å²) < 4.78 is 5.03. The highest BCUT2D eigenvalue weighted by Crippen LogP contribution is 2.58. The molecule has 0 heterocycles. The van der Waals surface area contributed by atoms with Crippen molar-refractivity contribution in [1.29, 1.82) is 0 Å². The summed E-state index contributed by atoms with van der Waals surface area (Å²) in [6.45, 7) is 6.52. The first-order chi connectivity index (χ1) is 6.05. The van der Waals surface area contributed by atoms with E-state index >= 15 is 0 Å². The third kappa shape index (κ3) is 1.85. The van der Waals surface area contributed by atoms with Crippen molar-refractivity contribution >= 4 is 5.97 Å². The standard InChI is InChI=1S/C10H18O3/c1-4-5-13-9(12)8-7(6-11)10(8,2)3/h7-8,11H,4-6H2,1-3H3. The van der Waals surface area contributed by atoms with E-state index in [1.165, 1.54) is 0 Å². The third-order valence-electron chi connectivity index (χ3n) is 2.95. The zero-order valence-corrected chi connectivity index (χ0v) is 8.54. The van der Waals surface area contributed by atoms with Gasteiger partial charge in [0.25, 0.3) is 0 Å². The van der Waals surface area contributed by atoms with Crippen LogP contribution in [-0.2, 0) is 9.53 Å². The fraction of sp³-hybridized carbons (Fsp3) is 0.900. The summed E-state index contributed by atoms with van der Waals surface area (Å²) in [5.74, 6) is -0.146. The molecular formula is C10H18O3. The fourth-order valence-electron chi connectivity index (χ4n) is 1.85. The van der Waals surface area contributed by atoms with Crippen molar-refractivity contribution in [1.82, 2.24) is 0 Å². The van der Waals surface area contributed by atoms with E-state index in [9.17, 15) is 4.79 Å². The highest BCUT2D eigenvalue weighted by Gasteiger charge is 2.62. The van der Waals surface area contributed by atoms with E-state index in [1.807, 2.05) is 20.8 Å². The van der Waals surface area contributed by atoms with Gasteiger partial charge in [0.2, 0.25) is 0 Å². The van der Waals surface area contributed by atoms with Gasteiger partial charge in [-0.1, -0.05) is 20.8 Å². The van der Waals surface area contributed by atoms with Crippen molar-refractivity contribution in [3.8, 4) is 0 Å². The number of esters is 1. The molecule has 0 aromatic heterocycles. The van der Waals surface area contributed by atoms with Crippen LogP contribution in [0, 0.1) is 17.3 Å². The van der Waals surface area contributed by atoms with E-state index < -0.39 is 0 Å². The number of aliphatic hydroxyl groups is 1. The Hall–Kier alpha value is -0.570. The van der Waals surface area contributed by atoms with E-state index in [1.54, 1.807) is 0 Å². The maximum atomic E-state index is 11.4. The van der Waals surface area contributed by atoms with Crippen LogP contribution in [0.4, 0.5) is 0 Å². The normalized spacial score (nSPS) is 29.8. The molecule has 1 aliphatic rings. The quantitative estimate of drug-likeness (QED) is 0.671. The number of rotatable bonds is 4. The lowest BCUT2D eigenvalue weighted by Gasteiger charge is -2.03. The summed E-state index contributed by atoms with van der Waals surface area (Å²) >= 11 is 0. The molecule has 3 heteroatoms. The Bertz CT molecular complexity index is 198. The van der Waals surface area contributed by atoms with Crippen LogP contribution in [0.3, 0.4) is 0 Å². The second-order valence-corrected chi connectivity index (χ2v) is 4.26. The van der Waals surface area contributed by atoms with E-state index in [-0.39, 0.29) is 29.8 Å². The molecule has 3 nitrogen and oxygen atoms in total. The van der Waals surface area contributed by atoms with Crippen LogP contribution in [0.1, 0.15) is 27.2 Å². The maximum Gasteiger partial charge on any atom is 0.309 e. The number of aliphatic hydroxyl groups excluding tert-OH is 1. The highest BCUT2D eigenvalue weighted by molar-refractivity contribution is 5.77. The lowest BCUT2D eigenvalue weighted by Crippen LogP contribution is -2.11. The number of hydrogen-bond donors (Lipinski definition) is 1. The van der Waals surface area contributed by atoms with E-state index in [0.29, 0.717) is 6.61 Å². The summed E-state index contributed by atoms with van der Waals surface area (Å²) in [4.78, 5) is 11.4. The van der Waals surface area contributed by atoms with E-state index in [4.69, 9.17) is 9.84 Å². The molecule has 0 aliphatic heterocycles. The molecule has 0 saturated heterocycles. The highest BCUT2D eigenvalue weighted by atomic mass is 16.5. The van der Waals surface area contributed by atoms with Gasteiger partial charge in [0.15, 0.2) is 0 Å². The molecule has 1 N–H and O–H groups in total. The Morgan fingerprint density at radius 2 is 2.15 bits per heavy atom. The molecule has 13 heavy (non-hydrogen) atoms. The van der Waals surface area contributed by atoms with Gasteiger partial charge in [-0.05, 0) is 11.8 Å². The van der Waals surface area contributed by atoms with Crippen molar-refractivity contribution in [3.63, 3.8) is 0 Å². The van der Waals surface area contributed by atoms with Gasteiger partial charge in [-0.15, -0.1) is 0 Å². The molecule has 0 amide bonds. The number of hydrogen-bond acceptors (Lipinski definition) is 3. The van der Waals surface area contributed by atoms with Crippen LogP contribution in [0.5, 0.6) is 0 Å². The van der Waals surface area contributed by atoms with Crippen LogP contribution >= 0.6 is 0 Å². The van der Waals surface area contributed by atoms with Crippen molar-refractivity contribution in [2.24, 2.45) is 17.3 Å². The molecule has 2 unspecified atom stereocenters. The Kier molecular flexibility index (Phi) is 2.96. The number of ether oxygens (including phenoxy) is 1. The lowest BCUT2D eigenvalue weighted by atomic mass is 10.1. The summed E-state index contributed by atoms with van der Waals surface area (Å²) in [6.07, 6.45) is 0.850. The van der Waals surface area contributed by atoms with Crippen LogP contribution in [-0.4, -0.2) is 24.3 Å². The molecule has 1 fully saturated rings. The summed E-state index contributed by atoms with van der Waals surface area (Å²) in [5.41, 5.74) is -0.0699. The monoisotopic (exact) mass is 186 g/mol. The largest absolute Gasteiger partial charge is 0.465 e. The Balaban J connectivity index is 2.42. The Morgan fingerprint density at radius 3 is 2.54 bits per heavy atom. The van der Waals surface area contributed by atoms with Gasteiger partial charge in [-0.3, -0.25) is 4.79 Å². The molecule has 76 valence electrons. The van der Waals surface area contributed by atoms with Crippen molar-refractivity contribution < 1.29 is 14.6 Å². The van der Waals surface area contributed by atoms with Gasteiger partial charge in [0.05, 0.1) is 12.5 Å².